The number of carbonyl (C=O) groups is 1. The van der Waals surface area contributed by atoms with Gasteiger partial charge in [0.15, 0.2) is 11.3 Å². The van der Waals surface area contributed by atoms with Crippen molar-refractivity contribution in [2.75, 3.05) is 7.11 Å². The summed E-state index contributed by atoms with van der Waals surface area (Å²) < 4.78 is 10.4. The molecule has 0 bridgehead atoms. The normalized spacial score (nSPS) is 12.9. The van der Waals surface area contributed by atoms with E-state index in [1.165, 1.54) is 7.11 Å². The second-order valence-electron chi connectivity index (χ2n) is 3.51. The Morgan fingerprint density at radius 1 is 1.50 bits per heavy atom. The molecule has 0 aliphatic carbocycles. The molecule has 0 fully saturated rings. The fourth-order valence-electron chi connectivity index (χ4n) is 1.46. The number of hydrogen-bond acceptors (Lipinski definition) is 3. The van der Waals surface area contributed by atoms with E-state index in [0.717, 1.165) is 5.39 Å². The molecule has 2 aromatic rings. The van der Waals surface area contributed by atoms with Crippen LogP contribution < -0.4 is 0 Å². The lowest BCUT2D eigenvalue weighted by Crippen LogP contribution is -2.18. The van der Waals surface area contributed by atoms with Gasteiger partial charge in [-0.25, -0.2) is 0 Å². The van der Waals surface area contributed by atoms with Gasteiger partial charge in [-0.15, -0.1) is 0 Å². The van der Waals surface area contributed by atoms with Gasteiger partial charge in [0.2, 0.25) is 5.78 Å². The summed E-state index contributed by atoms with van der Waals surface area (Å²) in [4.78, 5) is 11.8. The summed E-state index contributed by atoms with van der Waals surface area (Å²) >= 11 is 5.95. The van der Waals surface area contributed by atoms with E-state index in [4.69, 9.17) is 20.8 Å². The quantitative estimate of drug-likeness (QED) is 0.771. The van der Waals surface area contributed by atoms with Crippen LogP contribution in [0, 0.1) is 0 Å². The highest BCUT2D eigenvalue weighted by molar-refractivity contribution is 6.34. The summed E-state index contributed by atoms with van der Waals surface area (Å²) in [6.07, 6.45) is -0.515. The lowest BCUT2D eigenvalue weighted by atomic mass is 10.2. The van der Waals surface area contributed by atoms with Crippen molar-refractivity contribution in [1.29, 1.82) is 0 Å². The average molecular weight is 239 g/mol. The molecule has 1 unspecified atom stereocenters. The second-order valence-corrected chi connectivity index (χ2v) is 3.92. The molecular weight excluding hydrogens is 228 g/mol. The first-order chi connectivity index (χ1) is 7.63. The molecule has 0 spiro atoms. The molecule has 0 saturated carbocycles. The minimum atomic E-state index is -0.515. The standard InChI is InChI=1S/C12H11ClO3/c1-7(15-2)11(14)10-6-8-4-3-5-9(13)12(8)16-10/h3-7H,1-2H3. The molecular formula is C12H11ClO3. The molecule has 1 aromatic heterocycles. The molecule has 0 amide bonds. The Balaban J connectivity index is 2.48. The highest BCUT2D eigenvalue weighted by atomic mass is 35.5. The van der Waals surface area contributed by atoms with E-state index in [-0.39, 0.29) is 11.5 Å². The number of para-hydroxylation sites is 1. The largest absolute Gasteiger partial charge is 0.451 e. The third-order valence-corrected chi connectivity index (χ3v) is 2.76. The van der Waals surface area contributed by atoms with E-state index in [1.807, 2.05) is 12.1 Å². The molecule has 0 aliphatic heterocycles. The molecule has 16 heavy (non-hydrogen) atoms. The number of Topliss-reactive ketones (excluding diaryl/α,β-unsaturated/α-hetero) is 1. The molecule has 3 nitrogen and oxygen atoms in total. The number of rotatable bonds is 3. The molecule has 1 heterocycles. The molecule has 2 rings (SSSR count). The van der Waals surface area contributed by atoms with Gasteiger partial charge in [0.05, 0.1) is 5.02 Å². The zero-order valence-corrected chi connectivity index (χ0v) is 9.75. The third-order valence-electron chi connectivity index (χ3n) is 2.46. The summed E-state index contributed by atoms with van der Waals surface area (Å²) in [5.41, 5.74) is 0.538. The molecule has 0 radical (unpaired) electrons. The van der Waals surface area contributed by atoms with E-state index < -0.39 is 6.10 Å². The average Bonchev–Trinajstić information content (AvgIpc) is 2.72. The van der Waals surface area contributed by atoms with Crippen LogP contribution in [0.2, 0.25) is 5.02 Å². The Morgan fingerprint density at radius 3 is 2.88 bits per heavy atom. The summed E-state index contributed by atoms with van der Waals surface area (Å²) in [5, 5.41) is 1.32. The summed E-state index contributed by atoms with van der Waals surface area (Å²) in [7, 11) is 1.48. The number of carbonyl (C=O) groups excluding carboxylic acids is 1. The zero-order chi connectivity index (χ0) is 11.7. The molecule has 4 heteroatoms. The van der Waals surface area contributed by atoms with Crippen molar-refractivity contribution in [1.82, 2.24) is 0 Å². The van der Waals surface area contributed by atoms with Gasteiger partial charge in [-0.05, 0) is 19.1 Å². The van der Waals surface area contributed by atoms with Crippen LogP contribution in [0.4, 0.5) is 0 Å². The summed E-state index contributed by atoms with van der Waals surface area (Å²) in [6, 6.07) is 7.06. The molecule has 0 N–H and O–H groups in total. The van der Waals surface area contributed by atoms with Gasteiger partial charge in [-0.3, -0.25) is 4.79 Å². The van der Waals surface area contributed by atoms with Gasteiger partial charge < -0.3 is 9.15 Å². The second kappa shape index (κ2) is 4.28. The van der Waals surface area contributed by atoms with Crippen LogP contribution in [0.5, 0.6) is 0 Å². The van der Waals surface area contributed by atoms with Crippen molar-refractivity contribution in [3.8, 4) is 0 Å². The lowest BCUT2D eigenvalue weighted by molar-refractivity contribution is 0.0629. The van der Waals surface area contributed by atoms with Crippen molar-refractivity contribution in [3.63, 3.8) is 0 Å². The highest BCUT2D eigenvalue weighted by Gasteiger charge is 2.19. The van der Waals surface area contributed by atoms with Crippen molar-refractivity contribution in [2.24, 2.45) is 0 Å². The zero-order valence-electron chi connectivity index (χ0n) is 8.99. The van der Waals surface area contributed by atoms with Gasteiger partial charge in [-0.1, -0.05) is 23.7 Å². The number of ether oxygens (including phenoxy) is 1. The number of ketones is 1. The molecule has 0 saturated heterocycles. The van der Waals surface area contributed by atoms with Gasteiger partial charge >= 0.3 is 0 Å². The Bertz CT molecular complexity index is 530. The maximum absolute atomic E-state index is 11.8. The number of hydrogen-bond donors (Lipinski definition) is 0. The highest BCUT2D eigenvalue weighted by Crippen LogP contribution is 2.27. The van der Waals surface area contributed by atoms with Crippen LogP contribution in [0.1, 0.15) is 17.5 Å². The monoisotopic (exact) mass is 238 g/mol. The maximum atomic E-state index is 11.8. The van der Waals surface area contributed by atoms with Crippen molar-refractivity contribution < 1.29 is 13.9 Å². The molecule has 1 atom stereocenters. The van der Waals surface area contributed by atoms with Crippen molar-refractivity contribution in [3.05, 3.63) is 35.0 Å². The van der Waals surface area contributed by atoms with E-state index >= 15 is 0 Å². The summed E-state index contributed by atoms with van der Waals surface area (Å²) in [5.74, 6) is 0.0900. The molecule has 0 aliphatic rings. The van der Waals surface area contributed by atoms with Gasteiger partial charge in [0.1, 0.15) is 6.10 Å². The van der Waals surface area contributed by atoms with Crippen LogP contribution in [-0.2, 0) is 4.74 Å². The minimum Gasteiger partial charge on any atom is -0.451 e. The predicted octanol–water partition coefficient (Wildman–Crippen LogP) is 3.30. The number of methoxy groups -OCH3 is 1. The fourth-order valence-corrected chi connectivity index (χ4v) is 1.68. The Morgan fingerprint density at radius 2 is 2.25 bits per heavy atom. The Labute approximate surface area is 97.9 Å². The lowest BCUT2D eigenvalue weighted by Gasteiger charge is -2.04. The van der Waals surface area contributed by atoms with Crippen LogP contribution in [0.3, 0.4) is 0 Å². The number of halogens is 1. The smallest absolute Gasteiger partial charge is 0.226 e. The first-order valence-corrected chi connectivity index (χ1v) is 5.26. The minimum absolute atomic E-state index is 0.185. The van der Waals surface area contributed by atoms with Gasteiger partial charge in [0, 0.05) is 12.5 Å². The molecule has 1 aromatic carbocycles. The van der Waals surface area contributed by atoms with E-state index in [0.29, 0.717) is 10.6 Å². The topological polar surface area (TPSA) is 39.4 Å². The fraction of sp³-hybridized carbons (Fsp3) is 0.250. The number of furan rings is 1. The van der Waals surface area contributed by atoms with E-state index in [9.17, 15) is 4.79 Å². The maximum Gasteiger partial charge on any atom is 0.226 e. The first-order valence-electron chi connectivity index (χ1n) is 4.88. The third kappa shape index (κ3) is 1.84. The number of benzene rings is 1. The first kappa shape index (κ1) is 11.2. The number of fused-ring (bicyclic) bond motifs is 1. The Hall–Kier alpha value is -1.32. The summed E-state index contributed by atoms with van der Waals surface area (Å²) in [6.45, 7) is 1.68. The van der Waals surface area contributed by atoms with Crippen LogP contribution in [0.25, 0.3) is 11.0 Å². The Kier molecular flexibility index (Phi) is 2.99. The van der Waals surface area contributed by atoms with Crippen LogP contribution in [-0.4, -0.2) is 19.0 Å². The van der Waals surface area contributed by atoms with Crippen LogP contribution in [0.15, 0.2) is 28.7 Å². The van der Waals surface area contributed by atoms with Gasteiger partial charge in [0.25, 0.3) is 0 Å². The van der Waals surface area contributed by atoms with Crippen LogP contribution >= 0.6 is 11.6 Å². The molecule has 84 valence electrons. The van der Waals surface area contributed by atoms with Crippen molar-refractivity contribution >= 4 is 28.4 Å². The van der Waals surface area contributed by atoms with E-state index in [1.54, 1.807) is 19.1 Å². The van der Waals surface area contributed by atoms with E-state index in [2.05, 4.69) is 0 Å². The van der Waals surface area contributed by atoms with Crippen molar-refractivity contribution in [2.45, 2.75) is 13.0 Å². The SMILES string of the molecule is COC(C)C(=O)c1cc2cccc(Cl)c2o1. The predicted molar refractivity (Wildman–Crippen MR) is 62.0 cm³/mol. The van der Waals surface area contributed by atoms with Gasteiger partial charge in [-0.2, -0.15) is 0 Å².